The molecule has 0 saturated heterocycles. The fourth-order valence-corrected chi connectivity index (χ4v) is 6.40. The monoisotopic (exact) mass is 573 g/mol. The van der Waals surface area contributed by atoms with Gasteiger partial charge in [-0.05, 0) is 72.6 Å². The van der Waals surface area contributed by atoms with E-state index in [0.29, 0.717) is 16.5 Å². The zero-order valence-electron chi connectivity index (χ0n) is 36.1. The van der Waals surface area contributed by atoms with Gasteiger partial charge in [-0.1, -0.05) is 151 Å². The smallest absolute Gasteiger partial charge is 0.143 e. The second kappa shape index (κ2) is 9.97. The molecule has 9 aromatic rings. The highest BCUT2D eigenvalue weighted by Gasteiger charge is 2.19. The van der Waals surface area contributed by atoms with Gasteiger partial charge in [-0.3, -0.25) is 0 Å². The first-order valence-electron chi connectivity index (χ1n) is 20.7. The minimum Gasteiger partial charge on any atom is -0.455 e. The van der Waals surface area contributed by atoms with Crippen molar-refractivity contribution in [3.63, 3.8) is 0 Å². The normalized spacial score (nSPS) is 15.9. The van der Waals surface area contributed by atoms with Crippen LogP contribution >= 0.6 is 0 Å². The lowest BCUT2D eigenvalue weighted by molar-refractivity contribution is 0.670. The topological polar surface area (TPSA) is 13.1 Å². The Morgan fingerprint density at radius 2 is 1.00 bits per heavy atom. The van der Waals surface area contributed by atoms with Crippen LogP contribution in [0.25, 0.3) is 76.5 Å². The molecule has 1 heteroatoms. The molecule has 0 radical (unpaired) electrons. The second-order valence-corrected chi connectivity index (χ2v) is 10.6. The molecule has 0 unspecified atom stereocenters. The number of fused-ring (bicyclic) bond motifs is 6. The van der Waals surface area contributed by atoms with Gasteiger partial charge in [0.25, 0.3) is 0 Å². The number of rotatable bonds is 4. The highest BCUT2D eigenvalue weighted by molar-refractivity contribution is 6.20. The van der Waals surface area contributed by atoms with Gasteiger partial charge in [0, 0.05) is 16.3 Å². The van der Waals surface area contributed by atoms with Crippen LogP contribution in [-0.2, 0) is 6.42 Å². The third-order valence-corrected chi connectivity index (χ3v) is 8.27. The maximum Gasteiger partial charge on any atom is 0.143 e. The van der Waals surface area contributed by atoms with Gasteiger partial charge in [-0.25, -0.2) is 0 Å². The first-order chi connectivity index (χ1) is 27.2. The van der Waals surface area contributed by atoms with Crippen LogP contribution < -0.4 is 0 Å². The van der Waals surface area contributed by atoms with Crippen molar-refractivity contribution in [2.24, 2.45) is 0 Å². The van der Waals surface area contributed by atoms with Crippen LogP contribution in [-0.4, -0.2) is 0 Å². The van der Waals surface area contributed by atoms with Gasteiger partial charge in [-0.15, -0.1) is 0 Å². The van der Waals surface area contributed by atoms with Crippen molar-refractivity contribution in [3.05, 3.63) is 169 Å². The van der Waals surface area contributed by atoms with Crippen molar-refractivity contribution < 1.29 is 22.2 Å². The fourth-order valence-electron chi connectivity index (χ4n) is 6.40. The molecule has 0 aliphatic carbocycles. The molecule has 0 saturated carbocycles. The average molecular weight is 574 g/mol. The van der Waals surface area contributed by atoms with E-state index in [0.717, 1.165) is 32.9 Å². The van der Waals surface area contributed by atoms with Crippen LogP contribution in [0.2, 0.25) is 0 Å². The molecule has 8 aromatic carbocycles. The van der Waals surface area contributed by atoms with E-state index in [1.807, 2.05) is 72.8 Å². The molecule has 0 N–H and O–H groups in total. The number of hydrogen-bond donors (Lipinski definition) is 0. The first-order valence-corrected chi connectivity index (χ1v) is 14.2. The van der Waals surface area contributed by atoms with E-state index in [4.69, 9.17) is 16.8 Å². The second-order valence-electron chi connectivity index (χ2n) is 10.6. The highest BCUT2D eigenvalue weighted by atomic mass is 16.3. The van der Waals surface area contributed by atoms with Crippen LogP contribution in [0.4, 0.5) is 0 Å². The molecule has 1 heterocycles. The Morgan fingerprint density at radius 1 is 0.432 bits per heavy atom. The Labute approximate surface area is 273 Å². The lowest BCUT2D eigenvalue weighted by Gasteiger charge is -2.19. The zero-order valence-corrected chi connectivity index (χ0v) is 23.1. The van der Waals surface area contributed by atoms with Crippen LogP contribution in [0.5, 0.6) is 0 Å². The fraction of sp³-hybridized carbons (Fsp3) is 0.0233. The summed E-state index contributed by atoms with van der Waals surface area (Å²) in [5, 5.41) is 3.03. The van der Waals surface area contributed by atoms with Crippen molar-refractivity contribution in [2.45, 2.75) is 6.42 Å². The maximum absolute atomic E-state index is 9.34. The van der Waals surface area contributed by atoms with Crippen molar-refractivity contribution in [1.29, 1.82) is 0 Å². The average Bonchev–Trinajstić information content (AvgIpc) is 3.61. The Morgan fingerprint density at radius 3 is 1.73 bits per heavy atom. The van der Waals surface area contributed by atoms with Gasteiger partial charge < -0.3 is 4.42 Å². The number of para-hydroxylation sites is 2. The van der Waals surface area contributed by atoms with Gasteiger partial charge in [0.05, 0.1) is 17.8 Å². The molecule has 0 atom stereocenters. The summed E-state index contributed by atoms with van der Waals surface area (Å²) in [6.07, 6.45) is -0.492. The SMILES string of the molecule is [2H]c1c([2H])c([2H])c(Cc2c3c([2H])c([2H])c([2H])c([2H])c3c(-c3ccc(-c4cccc5c4oc4ccccc45)c4ccccc34)c3c([2H])c([2H])c([2H])c([2H])c23)c([2H])c1[2H]. The summed E-state index contributed by atoms with van der Waals surface area (Å²) in [7, 11) is 0. The van der Waals surface area contributed by atoms with E-state index in [1.165, 1.54) is 0 Å². The molecular formula is C43H28O. The van der Waals surface area contributed by atoms with Crippen molar-refractivity contribution in [2.75, 3.05) is 0 Å². The first kappa shape index (κ1) is 15.2. The van der Waals surface area contributed by atoms with Crippen molar-refractivity contribution in [3.8, 4) is 22.3 Å². The van der Waals surface area contributed by atoms with Gasteiger partial charge in [0.1, 0.15) is 11.2 Å². The molecule has 1 nitrogen and oxygen atoms in total. The Hall–Kier alpha value is -5.66. The molecule has 0 bridgehead atoms. The molecule has 206 valence electrons. The van der Waals surface area contributed by atoms with Crippen LogP contribution in [0.1, 0.15) is 28.9 Å². The molecule has 0 spiro atoms. The lowest BCUT2D eigenvalue weighted by Crippen LogP contribution is -1.96. The Balaban J connectivity index is 1.46. The van der Waals surface area contributed by atoms with Gasteiger partial charge in [0.2, 0.25) is 0 Å². The minimum atomic E-state index is -0.616. The third-order valence-electron chi connectivity index (χ3n) is 8.27. The van der Waals surface area contributed by atoms with Crippen molar-refractivity contribution >= 4 is 54.3 Å². The Bertz CT molecular complexity index is 3150. The molecule has 0 aliphatic rings. The maximum atomic E-state index is 9.34. The molecule has 44 heavy (non-hydrogen) atoms. The van der Waals surface area contributed by atoms with E-state index < -0.39 is 85.0 Å². The van der Waals surface area contributed by atoms with Crippen LogP contribution in [0.15, 0.2) is 162 Å². The van der Waals surface area contributed by atoms with E-state index in [1.54, 1.807) is 6.07 Å². The summed E-state index contributed by atoms with van der Waals surface area (Å²) in [5.74, 6) is 0. The quantitative estimate of drug-likeness (QED) is 0.191. The summed E-state index contributed by atoms with van der Waals surface area (Å²) < 4.78 is 121. The van der Waals surface area contributed by atoms with Crippen LogP contribution in [0.3, 0.4) is 0 Å². The van der Waals surface area contributed by atoms with Gasteiger partial charge in [0.15, 0.2) is 0 Å². The Kier molecular flexibility index (Phi) is 3.44. The molecule has 9 rings (SSSR count). The molecule has 0 fully saturated rings. The predicted octanol–water partition coefficient (Wildman–Crippen LogP) is 12.0. The largest absolute Gasteiger partial charge is 0.455 e. The number of benzene rings is 8. The molecular weight excluding hydrogens is 532 g/mol. The summed E-state index contributed by atoms with van der Waals surface area (Å²) in [6, 6.07) is 17.6. The third kappa shape index (κ3) is 3.80. The van der Waals surface area contributed by atoms with Gasteiger partial charge >= 0.3 is 0 Å². The minimum absolute atomic E-state index is 0.0150. The molecule has 1 aromatic heterocycles. The standard InChI is InChI=1S/C43H28O/c1-2-13-28(14-3-1)27-40-31-17-6-8-20-35(31)42(36-21-9-7-18-32(36)40)37-26-25-33(29-15-4-5-16-30(29)37)38-22-12-23-39-34-19-10-11-24-41(34)44-43(38)39/h1-26H,27H2/i1D,2D,3D,6D,7D,8D,9D,13D,14D,17D,18D,20D,21D. The van der Waals surface area contributed by atoms with Gasteiger partial charge in [-0.2, -0.15) is 0 Å². The van der Waals surface area contributed by atoms with E-state index in [2.05, 4.69) is 0 Å². The van der Waals surface area contributed by atoms with Crippen molar-refractivity contribution in [1.82, 2.24) is 0 Å². The van der Waals surface area contributed by atoms with E-state index in [-0.39, 0.29) is 38.2 Å². The number of hydrogen-bond acceptors (Lipinski definition) is 1. The molecule has 0 aliphatic heterocycles. The summed E-state index contributed by atoms with van der Waals surface area (Å²) in [4.78, 5) is 0. The molecule has 0 amide bonds. The van der Waals surface area contributed by atoms with E-state index >= 15 is 0 Å². The summed E-state index contributed by atoms with van der Waals surface area (Å²) in [5.41, 5.74) is 3.38. The summed E-state index contributed by atoms with van der Waals surface area (Å²) >= 11 is 0. The highest BCUT2D eigenvalue weighted by Crippen LogP contribution is 2.45. The van der Waals surface area contributed by atoms with Crippen LogP contribution in [0, 0.1) is 0 Å². The predicted molar refractivity (Wildman–Crippen MR) is 186 cm³/mol. The zero-order chi connectivity index (χ0) is 40.3. The van der Waals surface area contributed by atoms with E-state index in [9.17, 15) is 5.48 Å². The lowest BCUT2D eigenvalue weighted by atomic mass is 9.84. The summed E-state index contributed by atoms with van der Waals surface area (Å²) in [6.45, 7) is 0. The number of furan rings is 1.